The van der Waals surface area contributed by atoms with Crippen molar-refractivity contribution in [1.29, 1.82) is 0 Å². The van der Waals surface area contributed by atoms with Crippen LogP contribution in [0.4, 0.5) is 13.2 Å². The number of carbonyl (C=O) groups excluding carboxylic acids is 2. The van der Waals surface area contributed by atoms with Crippen LogP contribution in [-0.4, -0.2) is 22.9 Å². The van der Waals surface area contributed by atoms with Crippen LogP contribution >= 0.6 is 0 Å². The molecule has 0 aliphatic heterocycles. The smallest absolute Gasteiger partial charge is 0.406 e. The lowest BCUT2D eigenvalue weighted by Gasteiger charge is -2.19. The first-order valence-corrected chi connectivity index (χ1v) is 13.4. The van der Waals surface area contributed by atoms with E-state index in [0.29, 0.717) is 24.1 Å². The number of hydrogen-bond donors (Lipinski definition) is 0. The van der Waals surface area contributed by atoms with Gasteiger partial charge in [-0.05, 0) is 63.9 Å². The van der Waals surface area contributed by atoms with Gasteiger partial charge in [0.1, 0.15) is 5.75 Å². The van der Waals surface area contributed by atoms with Gasteiger partial charge < -0.3 is 9.30 Å². The minimum Gasteiger partial charge on any atom is -0.406 e. The molecule has 3 aromatic carbocycles. The molecule has 0 spiro atoms. The molecule has 1 atom stereocenters. The second-order valence-corrected chi connectivity index (χ2v) is 11.0. The first-order chi connectivity index (χ1) is 19.7. The number of hydrogen-bond acceptors (Lipinski definition) is 6. The number of fused-ring (bicyclic) bond motifs is 1. The fourth-order valence-electron chi connectivity index (χ4n) is 4.74. The zero-order chi connectivity index (χ0) is 30.7. The van der Waals surface area contributed by atoms with Crippen LogP contribution in [-0.2, 0) is 36.4 Å². The summed E-state index contributed by atoms with van der Waals surface area (Å²) in [4.78, 5) is 33.0. The highest BCUT2D eigenvalue weighted by Gasteiger charge is 2.31. The van der Waals surface area contributed by atoms with Crippen molar-refractivity contribution in [1.82, 2.24) is 4.57 Å². The van der Waals surface area contributed by atoms with Gasteiger partial charge in [-0.1, -0.05) is 70.2 Å². The molecule has 0 saturated heterocycles. The molecule has 4 rings (SSSR count). The van der Waals surface area contributed by atoms with Crippen molar-refractivity contribution in [3.8, 4) is 16.9 Å². The second-order valence-electron chi connectivity index (χ2n) is 11.0. The lowest BCUT2D eigenvalue weighted by molar-refractivity contribution is -0.459. The first-order valence-electron chi connectivity index (χ1n) is 13.4. The van der Waals surface area contributed by atoms with Gasteiger partial charge in [0.25, 0.3) is 0 Å². The van der Waals surface area contributed by atoms with Crippen LogP contribution in [0.3, 0.4) is 0 Å². The summed E-state index contributed by atoms with van der Waals surface area (Å²) in [6, 6.07) is 19.6. The fraction of sp³-hybridized carbons (Fsp3) is 0.312. The minimum atomic E-state index is -4.78. The molecule has 7 nitrogen and oxygen atoms in total. The van der Waals surface area contributed by atoms with Crippen molar-refractivity contribution in [3.05, 3.63) is 89.6 Å². The highest BCUT2D eigenvalue weighted by atomic mass is 19.4. The van der Waals surface area contributed by atoms with Crippen LogP contribution in [0.1, 0.15) is 63.6 Å². The third kappa shape index (κ3) is 7.50. The largest absolute Gasteiger partial charge is 0.573 e. The summed E-state index contributed by atoms with van der Waals surface area (Å²) < 4.78 is 43.9. The lowest BCUT2D eigenvalue weighted by atomic mass is 9.87. The van der Waals surface area contributed by atoms with Gasteiger partial charge in [-0.3, -0.25) is 9.78 Å². The zero-order valence-corrected chi connectivity index (χ0v) is 24.0. The Kier molecular flexibility index (Phi) is 8.96. The third-order valence-electron chi connectivity index (χ3n) is 6.84. The van der Waals surface area contributed by atoms with E-state index < -0.39 is 24.2 Å². The molecule has 222 valence electrons. The second kappa shape index (κ2) is 12.3. The molecular formula is C32H32F3NO6. The molecule has 1 aromatic heterocycles. The summed E-state index contributed by atoms with van der Waals surface area (Å²) in [6.45, 7) is 9.90. The van der Waals surface area contributed by atoms with E-state index in [9.17, 15) is 22.8 Å². The number of aromatic nitrogens is 1. The maximum Gasteiger partial charge on any atom is 0.573 e. The summed E-state index contributed by atoms with van der Waals surface area (Å²) in [7, 11) is 0. The Morgan fingerprint density at radius 3 is 2.10 bits per heavy atom. The number of rotatable bonds is 9. The molecule has 42 heavy (non-hydrogen) atoms. The molecule has 1 heterocycles. The van der Waals surface area contributed by atoms with Crippen molar-refractivity contribution >= 4 is 22.8 Å². The maximum atomic E-state index is 13.0. The predicted octanol–water partition coefficient (Wildman–Crippen LogP) is 8.00. The van der Waals surface area contributed by atoms with Gasteiger partial charge in [0, 0.05) is 35.6 Å². The van der Waals surface area contributed by atoms with Crippen molar-refractivity contribution in [2.24, 2.45) is 0 Å². The fourth-order valence-corrected chi connectivity index (χ4v) is 4.74. The molecule has 0 radical (unpaired) electrons. The number of alkyl halides is 3. The number of nitrogens with zero attached hydrogens (tertiary/aromatic N) is 1. The number of ether oxygens (including phenoxy) is 1. The zero-order valence-electron chi connectivity index (χ0n) is 24.0. The predicted molar refractivity (Wildman–Crippen MR) is 150 cm³/mol. The molecule has 0 saturated carbocycles. The quantitative estimate of drug-likeness (QED) is 0.147. The van der Waals surface area contributed by atoms with Gasteiger partial charge in [0.05, 0.1) is 5.92 Å². The average Bonchev–Trinajstić information content (AvgIpc) is 3.25. The average molecular weight is 584 g/mol. The summed E-state index contributed by atoms with van der Waals surface area (Å²) in [5.41, 5.74) is 5.19. The molecule has 4 aromatic rings. The maximum absolute atomic E-state index is 13.0. The van der Waals surface area contributed by atoms with Gasteiger partial charge >= 0.3 is 18.3 Å². The molecule has 0 fully saturated rings. The number of benzene rings is 3. The Bertz CT molecular complexity index is 1550. The normalized spacial score (nSPS) is 12.7. The molecule has 0 aliphatic rings. The molecule has 0 amide bonds. The number of halogens is 3. The summed E-state index contributed by atoms with van der Waals surface area (Å²) >= 11 is 0. The topological polar surface area (TPSA) is 76.0 Å². The van der Waals surface area contributed by atoms with Gasteiger partial charge in [-0.25, -0.2) is 9.59 Å². The Balaban J connectivity index is 1.73. The summed E-state index contributed by atoms with van der Waals surface area (Å²) in [5.74, 6) is -2.60. The van der Waals surface area contributed by atoms with Crippen molar-refractivity contribution in [2.75, 3.05) is 0 Å². The van der Waals surface area contributed by atoms with Crippen molar-refractivity contribution < 1.29 is 42.3 Å². The highest BCUT2D eigenvalue weighted by Crippen LogP contribution is 2.35. The SMILES string of the molecule is CCC(C(=O)OOOC(C)=O)c1cn(Cc2ccc(C(C)(C)C)cc2)c2ccc(-c3ccc(OC(F)(F)F)cc3)cc12. The van der Waals surface area contributed by atoms with Crippen LogP contribution < -0.4 is 4.74 Å². The molecule has 10 heteroatoms. The Morgan fingerprint density at radius 1 is 0.881 bits per heavy atom. The van der Waals surface area contributed by atoms with Gasteiger partial charge in [0.2, 0.25) is 0 Å². The van der Waals surface area contributed by atoms with Crippen molar-refractivity contribution in [3.63, 3.8) is 0 Å². The van der Waals surface area contributed by atoms with Gasteiger partial charge in [-0.2, -0.15) is 0 Å². The Hall–Kier alpha value is -4.31. The van der Waals surface area contributed by atoms with Crippen molar-refractivity contribution in [2.45, 2.75) is 65.3 Å². The number of carbonyl (C=O) groups is 2. The molecule has 0 N–H and O–H groups in total. The van der Waals surface area contributed by atoms with Crippen LogP contribution in [0, 0.1) is 0 Å². The Morgan fingerprint density at radius 2 is 1.52 bits per heavy atom. The van der Waals surface area contributed by atoms with E-state index in [0.717, 1.165) is 29.0 Å². The van der Waals surface area contributed by atoms with Crippen LogP contribution in [0.2, 0.25) is 0 Å². The third-order valence-corrected chi connectivity index (χ3v) is 6.84. The van der Waals surface area contributed by atoms with Crippen LogP contribution in [0.25, 0.3) is 22.0 Å². The monoisotopic (exact) mass is 583 g/mol. The molecule has 0 bridgehead atoms. The van der Waals surface area contributed by atoms with Crippen LogP contribution in [0.5, 0.6) is 5.75 Å². The molecule has 0 aliphatic carbocycles. The van der Waals surface area contributed by atoms with Crippen LogP contribution in [0.15, 0.2) is 72.9 Å². The summed E-state index contributed by atoms with van der Waals surface area (Å²) in [6.07, 6.45) is -2.54. The standard InChI is InChI=1S/C32H32F3NO6/c1-6-26(30(38)41-42-40-20(2)37)28-19-36(18-21-7-12-24(13-8-21)31(3,4)5)29-16-11-23(17-27(28)29)22-9-14-25(15-10-22)39-32(33,34)35/h7-17,19,26H,6,18H2,1-5H3. The summed E-state index contributed by atoms with van der Waals surface area (Å²) in [5, 5.41) is 5.11. The molecule has 1 unspecified atom stereocenters. The minimum absolute atomic E-state index is 0.0161. The lowest BCUT2D eigenvalue weighted by Crippen LogP contribution is -2.17. The Labute approximate surface area is 241 Å². The van der Waals surface area contributed by atoms with E-state index >= 15 is 0 Å². The van der Waals surface area contributed by atoms with E-state index in [1.807, 2.05) is 35.9 Å². The highest BCUT2D eigenvalue weighted by molar-refractivity contribution is 5.93. The van der Waals surface area contributed by atoms with E-state index in [2.05, 4.69) is 59.7 Å². The van der Waals surface area contributed by atoms with E-state index in [4.69, 9.17) is 4.89 Å². The van der Waals surface area contributed by atoms with Gasteiger partial charge in [0.15, 0.2) is 0 Å². The van der Waals surface area contributed by atoms with E-state index in [1.165, 1.54) is 29.8 Å². The van der Waals surface area contributed by atoms with E-state index in [-0.39, 0.29) is 11.2 Å². The molecular weight excluding hydrogens is 551 g/mol. The first kappa shape index (κ1) is 30.6. The van der Waals surface area contributed by atoms with Gasteiger partial charge in [-0.15, -0.1) is 13.2 Å². The van der Waals surface area contributed by atoms with E-state index in [1.54, 1.807) is 0 Å².